The van der Waals surface area contributed by atoms with Crippen LogP contribution in [0.25, 0.3) is 0 Å². The van der Waals surface area contributed by atoms with Gasteiger partial charge in [0.05, 0.1) is 5.76 Å². The van der Waals surface area contributed by atoms with E-state index in [0.29, 0.717) is 5.76 Å². The molecule has 1 aliphatic carbocycles. The summed E-state index contributed by atoms with van der Waals surface area (Å²) < 4.78 is 0. The van der Waals surface area contributed by atoms with Crippen molar-refractivity contribution in [2.75, 3.05) is 0 Å². The summed E-state index contributed by atoms with van der Waals surface area (Å²) in [6.45, 7) is 2.14. The molecular weight excluding hydrogens is 207 g/mol. The summed E-state index contributed by atoms with van der Waals surface area (Å²) in [4.78, 5) is 0. The Labute approximate surface area is 104 Å². The molecule has 1 nitrogen and oxygen atoms in total. The molecule has 0 aromatic heterocycles. The lowest BCUT2D eigenvalue weighted by Crippen LogP contribution is -2.14. The van der Waals surface area contributed by atoms with Crippen molar-refractivity contribution >= 4 is 13.3 Å². The number of aliphatic hydroxyl groups is 1. The first kappa shape index (κ1) is 12.0. The van der Waals surface area contributed by atoms with Crippen molar-refractivity contribution in [1.29, 1.82) is 0 Å². The first-order valence-electron chi connectivity index (χ1n) is 6.00. The lowest BCUT2D eigenvalue weighted by Gasteiger charge is -2.22. The fourth-order valence-corrected chi connectivity index (χ4v) is 2.27. The Kier molecular flexibility index (Phi) is 3.42. The molecular formula is C15H17BO. The maximum atomic E-state index is 9.75. The van der Waals surface area contributed by atoms with Gasteiger partial charge in [0.2, 0.25) is 0 Å². The Morgan fingerprint density at radius 2 is 2.00 bits per heavy atom. The van der Waals surface area contributed by atoms with Crippen LogP contribution in [0, 0.1) is 5.41 Å². The van der Waals surface area contributed by atoms with E-state index in [1.807, 2.05) is 30.3 Å². The van der Waals surface area contributed by atoms with Gasteiger partial charge in [0.15, 0.2) is 0 Å². The van der Waals surface area contributed by atoms with Gasteiger partial charge in [0, 0.05) is 11.8 Å². The van der Waals surface area contributed by atoms with Gasteiger partial charge in [-0.1, -0.05) is 48.8 Å². The van der Waals surface area contributed by atoms with E-state index < -0.39 is 0 Å². The molecule has 0 saturated heterocycles. The largest absolute Gasteiger partial charge is 0.513 e. The molecule has 0 fully saturated rings. The fraction of sp³-hybridized carbons (Fsp3) is 0.333. The topological polar surface area (TPSA) is 20.2 Å². The molecule has 0 heterocycles. The Morgan fingerprint density at radius 1 is 1.29 bits per heavy atom. The average Bonchev–Trinajstić information content (AvgIpc) is 2.43. The van der Waals surface area contributed by atoms with Gasteiger partial charge in [-0.2, -0.15) is 0 Å². The van der Waals surface area contributed by atoms with Crippen LogP contribution >= 0.6 is 0 Å². The second-order valence-electron chi connectivity index (χ2n) is 5.00. The highest BCUT2D eigenvalue weighted by Crippen LogP contribution is 2.30. The van der Waals surface area contributed by atoms with E-state index in [4.69, 9.17) is 7.85 Å². The van der Waals surface area contributed by atoms with Gasteiger partial charge in [-0.15, -0.1) is 0 Å². The van der Waals surface area contributed by atoms with E-state index in [9.17, 15) is 5.11 Å². The van der Waals surface area contributed by atoms with Crippen LogP contribution in [0.2, 0.25) is 0 Å². The van der Waals surface area contributed by atoms with Crippen molar-refractivity contribution < 1.29 is 5.11 Å². The summed E-state index contributed by atoms with van der Waals surface area (Å²) in [6.07, 6.45) is 8.85. The highest BCUT2D eigenvalue weighted by atomic mass is 16.3. The van der Waals surface area contributed by atoms with Crippen molar-refractivity contribution in [3.05, 3.63) is 53.8 Å². The number of hydrogen-bond acceptors (Lipinski definition) is 1. The van der Waals surface area contributed by atoms with Gasteiger partial charge in [-0.25, -0.2) is 0 Å². The monoisotopic (exact) mass is 224 g/mol. The maximum Gasteiger partial charge on any atom is 0.113 e. The third-order valence-electron chi connectivity index (χ3n) is 3.13. The van der Waals surface area contributed by atoms with Crippen LogP contribution in [0.1, 0.15) is 25.3 Å². The van der Waals surface area contributed by atoms with E-state index in [2.05, 4.69) is 19.1 Å². The number of allylic oxidation sites excluding steroid dienone is 4. The molecule has 1 N–H and O–H groups in total. The van der Waals surface area contributed by atoms with E-state index in [0.717, 1.165) is 24.7 Å². The number of benzene rings is 1. The van der Waals surface area contributed by atoms with Gasteiger partial charge in [-0.05, 0) is 24.5 Å². The van der Waals surface area contributed by atoms with Crippen LogP contribution in [0.3, 0.4) is 0 Å². The summed E-state index contributed by atoms with van der Waals surface area (Å²) in [5, 5.41) is 9.75. The van der Waals surface area contributed by atoms with Crippen LogP contribution in [-0.2, 0) is 6.42 Å². The van der Waals surface area contributed by atoms with Gasteiger partial charge < -0.3 is 5.11 Å². The minimum Gasteiger partial charge on any atom is -0.513 e. The summed E-state index contributed by atoms with van der Waals surface area (Å²) in [5.41, 5.74) is 1.92. The molecule has 1 unspecified atom stereocenters. The molecule has 1 aromatic carbocycles. The third-order valence-corrected chi connectivity index (χ3v) is 3.13. The SMILES string of the molecule is [B]c1ccc(CC2(C)C=CCCC(O)=C2)cc1. The van der Waals surface area contributed by atoms with E-state index in [-0.39, 0.29) is 5.41 Å². The van der Waals surface area contributed by atoms with Gasteiger partial charge >= 0.3 is 0 Å². The first-order chi connectivity index (χ1) is 8.07. The van der Waals surface area contributed by atoms with Crippen molar-refractivity contribution in [3.63, 3.8) is 0 Å². The van der Waals surface area contributed by atoms with Crippen molar-refractivity contribution in [2.45, 2.75) is 26.2 Å². The molecule has 1 aliphatic rings. The van der Waals surface area contributed by atoms with Gasteiger partial charge in [-0.3, -0.25) is 0 Å². The predicted octanol–water partition coefficient (Wildman–Crippen LogP) is 2.82. The molecule has 2 rings (SSSR count). The smallest absolute Gasteiger partial charge is 0.113 e. The highest BCUT2D eigenvalue weighted by molar-refractivity contribution is 6.32. The molecule has 1 aromatic rings. The molecule has 0 aliphatic heterocycles. The Bertz CT molecular complexity index is 444. The Balaban J connectivity index is 2.21. The van der Waals surface area contributed by atoms with Crippen molar-refractivity contribution in [3.8, 4) is 0 Å². The van der Waals surface area contributed by atoms with Gasteiger partial charge in [0.25, 0.3) is 0 Å². The molecule has 2 heteroatoms. The summed E-state index contributed by atoms with van der Waals surface area (Å²) >= 11 is 0. The standard InChI is InChI=1S/C15H17BO/c1-15(9-3-2-4-14(17)11-15)10-12-5-7-13(16)8-6-12/h3,5-9,11,17H,2,4,10H2,1H3. The molecule has 0 spiro atoms. The van der Waals surface area contributed by atoms with Crippen molar-refractivity contribution in [2.24, 2.45) is 5.41 Å². The second kappa shape index (κ2) is 4.83. The first-order valence-corrected chi connectivity index (χ1v) is 6.00. The normalized spacial score (nSPS) is 24.2. The number of aliphatic hydroxyl groups excluding tert-OH is 1. The Morgan fingerprint density at radius 3 is 2.71 bits per heavy atom. The molecule has 0 amide bonds. The quantitative estimate of drug-likeness (QED) is 0.604. The molecule has 0 bridgehead atoms. The summed E-state index contributed by atoms with van der Waals surface area (Å²) in [7, 11) is 5.67. The highest BCUT2D eigenvalue weighted by Gasteiger charge is 2.21. The average molecular weight is 224 g/mol. The molecule has 0 saturated carbocycles. The Hall–Kier alpha value is -1.44. The van der Waals surface area contributed by atoms with Crippen LogP contribution in [0.5, 0.6) is 0 Å². The van der Waals surface area contributed by atoms with Crippen LogP contribution < -0.4 is 5.46 Å². The van der Waals surface area contributed by atoms with Crippen LogP contribution in [-0.4, -0.2) is 13.0 Å². The number of hydrogen-bond donors (Lipinski definition) is 1. The summed E-state index contributed by atoms with van der Waals surface area (Å²) in [5.74, 6) is 0.493. The molecule has 86 valence electrons. The predicted molar refractivity (Wildman–Crippen MR) is 72.7 cm³/mol. The fourth-order valence-electron chi connectivity index (χ4n) is 2.27. The van der Waals surface area contributed by atoms with E-state index in [1.54, 1.807) is 0 Å². The van der Waals surface area contributed by atoms with E-state index in [1.165, 1.54) is 5.56 Å². The molecule has 1 atom stereocenters. The minimum atomic E-state index is -0.100. The molecule has 2 radical (unpaired) electrons. The van der Waals surface area contributed by atoms with Gasteiger partial charge in [0.1, 0.15) is 7.85 Å². The van der Waals surface area contributed by atoms with Crippen LogP contribution in [0.15, 0.2) is 48.3 Å². The maximum absolute atomic E-state index is 9.75. The van der Waals surface area contributed by atoms with E-state index >= 15 is 0 Å². The second-order valence-corrected chi connectivity index (χ2v) is 5.00. The number of rotatable bonds is 2. The lowest BCUT2D eigenvalue weighted by molar-refractivity contribution is 0.376. The minimum absolute atomic E-state index is 0.100. The van der Waals surface area contributed by atoms with Crippen LogP contribution in [0.4, 0.5) is 0 Å². The zero-order chi connectivity index (χ0) is 12.3. The van der Waals surface area contributed by atoms with Crippen molar-refractivity contribution in [1.82, 2.24) is 0 Å². The molecule has 17 heavy (non-hydrogen) atoms. The zero-order valence-corrected chi connectivity index (χ0v) is 10.2. The zero-order valence-electron chi connectivity index (χ0n) is 10.2. The lowest BCUT2D eigenvalue weighted by atomic mass is 9.82. The third kappa shape index (κ3) is 3.26. The summed E-state index contributed by atoms with van der Waals surface area (Å²) in [6, 6.07) is 7.93.